The number of aromatic nitrogens is 1. The van der Waals surface area contributed by atoms with Crippen molar-refractivity contribution >= 4 is 11.6 Å². The Bertz CT molecular complexity index is 1020. The summed E-state index contributed by atoms with van der Waals surface area (Å²) in [7, 11) is 3.90. The van der Waals surface area contributed by atoms with Crippen LogP contribution in [0.25, 0.3) is 0 Å². The molecule has 1 aromatic carbocycles. The Morgan fingerprint density at radius 2 is 2.11 bits per heavy atom. The number of hydrogen-bond acceptors (Lipinski definition) is 5. The van der Waals surface area contributed by atoms with Crippen molar-refractivity contribution in [1.82, 2.24) is 9.47 Å². The molecule has 0 amide bonds. The molecule has 7 heteroatoms. The van der Waals surface area contributed by atoms with Crippen LogP contribution in [-0.2, 0) is 6.54 Å². The van der Waals surface area contributed by atoms with E-state index in [4.69, 9.17) is 22.1 Å². The maximum Gasteiger partial charge on any atom is 0.258 e. The topological polar surface area (TPSA) is 84.3 Å². The third-order valence-electron chi connectivity index (χ3n) is 4.64. The Balaban J connectivity index is 2.24. The van der Waals surface area contributed by atoms with Crippen LogP contribution in [0, 0.1) is 18.3 Å². The van der Waals surface area contributed by atoms with Crippen molar-refractivity contribution in [2.24, 2.45) is 5.73 Å². The Hall–Kier alpha value is -2.75. The summed E-state index contributed by atoms with van der Waals surface area (Å²) < 4.78 is 7.34. The molecule has 2 aromatic rings. The van der Waals surface area contributed by atoms with E-state index < -0.39 is 5.92 Å². The van der Waals surface area contributed by atoms with Crippen molar-refractivity contribution in [3.63, 3.8) is 0 Å². The zero-order chi connectivity index (χ0) is 19.7. The molecular formula is C20H21ClN4O2. The van der Waals surface area contributed by atoms with Gasteiger partial charge in [0.15, 0.2) is 0 Å². The smallest absolute Gasteiger partial charge is 0.258 e. The summed E-state index contributed by atoms with van der Waals surface area (Å²) in [5, 5.41) is 10.2. The molecule has 1 atom stereocenters. The van der Waals surface area contributed by atoms with Crippen molar-refractivity contribution in [3.8, 4) is 11.8 Å². The number of nitrogens with two attached hydrogens (primary N) is 1. The lowest BCUT2D eigenvalue weighted by Gasteiger charge is -2.27. The second-order valence-electron chi connectivity index (χ2n) is 6.80. The number of pyridine rings is 1. The van der Waals surface area contributed by atoms with Gasteiger partial charge in [0.05, 0.1) is 11.5 Å². The second-order valence-corrected chi connectivity index (χ2v) is 7.24. The van der Waals surface area contributed by atoms with Gasteiger partial charge in [0.1, 0.15) is 17.4 Å². The van der Waals surface area contributed by atoms with Gasteiger partial charge in [0.25, 0.3) is 5.56 Å². The molecule has 0 spiro atoms. The maximum absolute atomic E-state index is 13.3. The molecule has 0 saturated heterocycles. The van der Waals surface area contributed by atoms with Crippen LogP contribution >= 0.6 is 11.6 Å². The van der Waals surface area contributed by atoms with Crippen molar-refractivity contribution in [2.75, 3.05) is 20.6 Å². The van der Waals surface area contributed by atoms with Gasteiger partial charge in [-0.15, -0.1) is 0 Å². The van der Waals surface area contributed by atoms with Crippen LogP contribution in [0.1, 0.15) is 22.7 Å². The van der Waals surface area contributed by atoms with E-state index in [1.807, 2.05) is 32.0 Å². The quantitative estimate of drug-likeness (QED) is 0.875. The normalized spacial score (nSPS) is 16.1. The summed E-state index contributed by atoms with van der Waals surface area (Å²) in [6, 6.07) is 11.0. The molecule has 2 heterocycles. The fraction of sp³-hybridized carbons (Fsp3) is 0.300. The number of allylic oxidation sites excluding steroid dienone is 1. The van der Waals surface area contributed by atoms with Crippen LogP contribution in [0.4, 0.5) is 0 Å². The molecule has 0 fully saturated rings. The molecule has 0 radical (unpaired) electrons. The monoisotopic (exact) mass is 384 g/mol. The first-order valence-electron chi connectivity index (χ1n) is 8.55. The molecule has 1 aliphatic rings. The van der Waals surface area contributed by atoms with Crippen LogP contribution < -0.4 is 16.0 Å². The molecule has 1 aromatic heterocycles. The van der Waals surface area contributed by atoms with E-state index in [0.717, 1.165) is 11.3 Å². The van der Waals surface area contributed by atoms with Crippen LogP contribution in [0.5, 0.6) is 5.75 Å². The fourth-order valence-corrected chi connectivity index (χ4v) is 3.48. The largest absolute Gasteiger partial charge is 0.440 e. The van der Waals surface area contributed by atoms with Crippen LogP contribution in [-0.4, -0.2) is 30.1 Å². The number of nitriles is 1. The SMILES string of the molecule is Cc1cc2c(c(=O)n1CCN(C)C)[C@H](c1cccc(Cl)c1)C(C#N)=C(N)O2. The number of hydrogen-bond donors (Lipinski definition) is 1. The molecule has 0 unspecified atom stereocenters. The first-order chi connectivity index (χ1) is 12.8. The minimum absolute atomic E-state index is 0.0137. The number of halogens is 1. The predicted molar refractivity (Wildman–Crippen MR) is 105 cm³/mol. The Labute approximate surface area is 163 Å². The summed E-state index contributed by atoms with van der Waals surface area (Å²) in [5.41, 5.74) is 7.94. The number of aryl methyl sites for hydroxylation is 1. The van der Waals surface area contributed by atoms with Gasteiger partial charge in [-0.3, -0.25) is 4.79 Å². The Kier molecular flexibility index (Phi) is 5.26. The van der Waals surface area contributed by atoms with E-state index in [1.54, 1.807) is 28.8 Å². The number of fused-ring (bicyclic) bond motifs is 1. The second kappa shape index (κ2) is 7.47. The average Bonchev–Trinajstić information content (AvgIpc) is 2.60. The Morgan fingerprint density at radius 3 is 2.74 bits per heavy atom. The van der Waals surface area contributed by atoms with E-state index in [2.05, 4.69) is 6.07 Å². The number of ether oxygens (including phenoxy) is 1. The molecule has 0 bridgehead atoms. The lowest BCUT2D eigenvalue weighted by atomic mass is 9.84. The van der Waals surface area contributed by atoms with E-state index >= 15 is 0 Å². The van der Waals surface area contributed by atoms with Crippen molar-refractivity contribution in [1.29, 1.82) is 5.26 Å². The van der Waals surface area contributed by atoms with Gasteiger partial charge in [0.2, 0.25) is 5.88 Å². The summed E-state index contributed by atoms with van der Waals surface area (Å²) in [4.78, 5) is 15.4. The van der Waals surface area contributed by atoms with Gasteiger partial charge in [-0.2, -0.15) is 5.26 Å². The van der Waals surface area contributed by atoms with Gasteiger partial charge in [0, 0.05) is 29.9 Å². The molecule has 3 rings (SSSR count). The maximum atomic E-state index is 13.3. The van der Waals surface area contributed by atoms with Crippen LogP contribution in [0.2, 0.25) is 5.02 Å². The molecule has 2 N–H and O–H groups in total. The molecule has 6 nitrogen and oxygen atoms in total. The average molecular weight is 385 g/mol. The molecule has 0 aliphatic carbocycles. The number of benzene rings is 1. The summed E-state index contributed by atoms with van der Waals surface area (Å²) >= 11 is 6.15. The molecule has 27 heavy (non-hydrogen) atoms. The van der Waals surface area contributed by atoms with E-state index in [-0.39, 0.29) is 17.0 Å². The minimum atomic E-state index is -0.615. The molecular weight excluding hydrogens is 364 g/mol. The highest BCUT2D eigenvalue weighted by Gasteiger charge is 2.34. The van der Waals surface area contributed by atoms with Crippen LogP contribution in [0.15, 0.2) is 46.6 Å². The molecule has 1 aliphatic heterocycles. The zero-order valence-electron chi connectivity index (χ0n) is 15.5. The van der Waals surface area contributed by atoms with E-state index in [1.165, 1.54) is 0 Å². The van der Waals surface area contributed by atoms with Gasteiger partial charge in [-0.25, -0.2) is 0 Å². The van der Waals surface area contributed by atoms with Crippen molar-refractivity contribution in [3.05, 3.63) is 74.0 Å². The van der Waals surface area contributed by atoms with Gasteiger partial charge < -0.3 is 19.9 Å². The fourth-order valence-electron chi connectivity index (χ4n) is 3.28. The van der Waals surface area contributed by atoms with Crippen LogP contribution in [0.3, 0.4) is 0 Å². The highest BCUT2D eigenvalue weighted by Crippen LogP contribution is 2.40. The predicted octanol–water partition coefficient (Wildman–Crippen LogP) is 2.59. The number of nitrogens with zero attached hydrogens (tertiary/aromatic N) is 3. The zero-order valence-corrected chi connectivity index (χ0v) is 16.2. The lowest BCUT2D eigenvalue weighted by Crippen LogP contribution is -2.34. The molecule has 140 valence electrons. The highest BCUT2D eigenvalue weighted by molar-refractivity contribution is 6.30. The third-order valence-corrected chi connectivity index (χ3v) is 4.88. The van der Waals surface area contributed by atoms with Gasteiger partial charge in [-0.1, -0.05) is 23.7 Å². The first-order valence-corrected chi connectivity index (χ1v) is 8.93. The highest BCUT2D eigenvalue weighted by atomic mass is 35.5. The minimum Gasteiger partial charge on any atom is -0.440 e. The third kappa shape index (κ3) is 3.57. The lowest BCUT2D eigenvalue weighted by molar-refractivity contribution is 0.369. The van der Waals surface area contributed by atoms with Gasteiger partial charge in [-0.05, 0) is 38.7 Å². The summed E-state index contributed by atoms with van der Waals surface area (Å²) in [5.74, 6) is -0.212. The van der Waals surface area contributed by atoms with Crippen molar-refractivity contribution in [2.45, 2.75) is 19.4 Å². The Morgan fingerprint density at radius 1 is 1.37 bits per heavy atom. The molecule has 0 saturated carbocycles. The van der Waals surface area contributed by atoms with E-state index in [0.29, 0.717) is 29.4 Å². The van der Waals surface area contributed by atoms with Gasteiger partial charge >= 0.3 is 0 Å². The summed E-state index contributed by atoms with van der Waals surface area (Å²) in [6.45, 7) is 3.11. The van der Waals surface area contributed by atoms with Crippen molar-refractivity contribution < 1.29 is 4.74 Å². The standard InChI is InChI=1S/C20H21ClN4O2/c1-12-9-16-18(20(26)25(12)8-7-24(2)3)17(15(11-22)19(23)27-16)13-5-4-6-14(21)10-13/h4-6,9-10,17H,7-8,23H2,1-3H3/t17-/m1/s1. The summed E-state index contributed by atoms with van der Waals surface area (Å²) in [6.07, 6.45) is 0. The first kappa shape index (κ1) is 19.0. The number of rotatable bonds is 4. The number of likely N-dealkylation sites (N-methyl/N-ethyl adjacent to an activating group) is 1. The van der Waals surface area contributed by atoms with E-state index in [9.17, 15) is 10.1 Å².